The van der Waals surface area contributed by atoms with Crippen LogP contribution in [0.4, 0.5) is 9.18 Å². The van der Waals surface area contributed by atoms with Gasteiger partial charge in [0, 0.05) is 0 Å². The molecule has 1 aliphatic rings. The van der Waals surface area contributed by atoms with Gasteiger partial charge in [-0.3, -0.25) is 0 Å². The molecule has 1 heterocycles. The van der Waals surface area contributed by atoms with E-state index in [4.69, 9.17) is 0 Å². The van der Waals surface area contributed by atoms with Crippen molar-refractivity contribution in [2.24, 2.45) is 0 Å². The summed E-state index contributed by atoms with van der Waals surface area (Å²) in [7, 11) is 0. The van der Waals surface area contributed by atoms with Gasteiger partial charge in [0.1, 0.15) is 6.33 Å². The molecular weight excluding hydrogens is 115 g/mol. The zero-order valence-corrected chi connectivity index (χ0v) is 3.89. The zero-order valence-electron chi connectivity index (χ0n) is 3.89. The van der Waals surface area contributed by atoms with Crippen LogP contribution in [0.25, 0.3) is 0 Å². The van der Waals surface area contributed by atoms with Crippen LogP contribution < -0.4 is 0 Å². The van der Waals surface area contributed by atoms with Crippen LogP contribution in [-0.2, 0) is 9.47 Å². The van der Waals surface area contributed by atoms with Crippen molar-refractivity contribution >= 4 is 6.16 Å². The molecule has 3 nitrogen and oxygen atoms in total. The second-order valence-electron chi connectivity index (χ2n) is 1.22. The van der Waals surface area contributed by atoms with Crippen LogP contribution in [-0.4, -0.2) is 12.8 Å². The number of halogens is 1. The van der Waals surface area contributed by atoms with Gasteiger partial charge in [-0.1, -0.05) is 0 Å². The summed E-state index contributed by atoms with van der Waals surface area (Å²) >= 11 is 0. The summed E-state index contributed by atoms with van der Waals surface area (Å²) in [6.07, 6.45) is -0.640. The maximum Gasteiger partial charge on any atom is 0.514 e. The third-order valence-corrected chi connectivity index (χ3v) is 0.668. The minimum Gasteiger partial charge on any atom is -0.426 e. The van der Waals surface area contributed by atoms with Gasteiger partial charge in [0.25, 0.3) is 0 Å². The molecule has 1 saturated heterocycles. The maximum absolute atomic E-state index is 11.4. The molecule has 0 aliphatic carbocycles. The highest BCUT2D eigenvalue weighted by atomic mass is 19.1. The lowest BCUT2D eigenvalue weighted by Crippen LogP contribution is -1.88. The first-order valence-corrected chi connectivity index (χ1v) is 1.97. The van der Waals surface area contributed by atoms with E-state index in [0.717, 1.165) is 0 Å². The summed E-state index contributed by atoms with van der Waals surface area (Å²) in [5.74, 6) is -0.0741. The summed E-state index contributed by atoms with van der Waals surface area (Å²) < 4.78 is 19.7. The summed E-state index contributed by atoms with van der Waals surface area (Å²) in [6.45, 7) is -0.0880. The third kappa shape index (κ3) is 0.776. The lowest BCUT2D eigenvalue weighted by molar-refractivity contribution is 0.136. The van der Waals surface area contributed by atoms with Gasteiger partial charge in [0.2, 0.25) is 0 Å². The SMILES string of the molecule is O=C1OC/C(=C/F)O1. The fourth-order valence-electron chi connectivity index (χ4n) is 0.350. The Morgan fingerprint density at radius 3 is 2.75 bits per heavy atom. The summed E-state index contributed by atoms with van der Waals surface area (Å²) in [6, 6.07) is 0. The predicted molar refractivity (Wildman–Crippen MR) is 21.6 cm³/mol. The minimum absolute atomic E-state index is 0.0741. The van der Waals surface area contributed by atoms with Gasteiger partial charge < -0.3 is 9.47 Å². The lowest BCUT2D eigenvalue weighted by atomic mass is 10.6. The van der Waals surface area contributed by atoms with Crippen LogP contribution in [0.15, 0.2) is 12.1 Å². The Labute approximate surface area is 44.7 Å². The number of hydrogen-bond acceptors (Lipinski definition) is 3. The minimum atomic E-state index is -0.839. The first-order valence-electron chi connectivity index (χ1n) is 1.97. The molecule has 1 aliphatic heterocycles. The van der Waals surface area contributed by atoms with E-state index in [1.807, 2.05) is 0 Å². The van der Waals surface area contributed by atoms with Crippen molar-refractivity contribution in [1.82, 2.24) is 0 Å². The Bertz CT molecular complexity index is 140. The molecule has 0 N–H and O–H groups in total. The van der Waals surface area contributed by atoms with E-state index in [2.05, 4.69) is 9.47 Å². The Kier molecular flexibility index (Phi) is 1.15. The molecule has 0 atom stereocenters. The number of carbonyl (C=O) groups is 1. The molecule has 0 aromatic rings. The molecule has 1 fully saturated rings. The van der Waals surface area contributed by atoms with Gasteiger partial charge in [-0.15, -0.1) is 0 Å². The highest BCUT2D eigenvalue weighted by Crippen LogP contribution is 2.08. The molecule has 1 rings (SSSR count). The topological polar surface area (TPSA) is 35.5 Å². The second-order valence-corrected chi connectivity index (χ2v) is 1.22. The summed E-state index contributed by atoms with van der Waals surface area (Å²) in [5, 5.41) is 0. The smallest absolute Gasteiger partial charge is 0.426 e. The third-order valence-electron chi connectivity index (χ3n) is 0.668. The zero-order chi connectivity index (χ0) is 5.98. The number of rotatable bonds is 0. The quantitative estimate of drug-likeness (QED) is 0.444. The van der Waals surface area contributed by atoms with Crippen molar-refractivity contribution in [3.63, 3.8) is 0 Å². The Morgan fingerprint density at radius 2 is 2.50 bits per heavy atom. The first-order chi connectivity index (χ1) is 3.83. The summed E-state index contributed by atoms with van der Waals surface area (Å²) in [5.41, 5.74) is 0. The maximum atomic E-state index is 11.4. The van der Waals surface area contributed by atoms with Gasteiger partial charge >= 0.3 is 6.16 Å². The van der Waals surface area contributed by atoms with Crippen LogP contribution in [0.3, 0.4) is 0 Å². The monoisotopic (exact) mass is 118 g/mol. The number of carbonyl (C=O) groups excluding carboxylic acids is 1. The van der Waals surface area contributed by atoms with Crippen LogP contribution in [0, 0.1) is 0 Å². The molecule has 0 amide bonds. The second kappa shape index (κ2) is 1.81. The molecule has 0 bridgehead atoms. The van der Waals surface area contributed by atoms with E-state index in [1.54, 1.807) is 0 Å². The van der Waals surface area contributed by atoms with Gasteiger partial charge in [-0.25, -0.2) is 9.18 Å². The fraction of sp³-hybridized carbons (Fsp3) is 0.250. The molecule has 44 valence electrons. The fourth-order valence-corrected chi connectivity index (χ4v) is 0.350. The van der Waals surface area contributed by atoms with Crippen LogP contribution in [0.2, 0.25) is 0 Å². The average molecular weight is 118 g/mol. The van der Waals surface area contributed by atoms with Gasteiger partial charge in [0.05, 0.1) is 0 Å². The van der Waals surface area contributed by atoms with E-state index in [-0.39, 0.29) is 18.7 Å². The standard InChI is InChI=1S/C4H3FO3/c5-1-3-2-7-4(6)8-3/h1H,2H2/b3-1-. The van der Waals surface area contributed by atoms with Crippen molar-refractivity contribution in [2.75, 3.05) is 6.61 Å². The molecule has 0 unspecified atom stereocenters. The largest absolute Gasteiger partial charge is 0.514 e. The van der Waals surface area contributed by atoms with Crippen molar-refractivity contribution < 1.29 is 18.7 Å². The van der Waals surface area contributed by atoms with E-state index in [1.165, 1.54) is 0 Å². The first kappa shape index (κ1) is 5.08. The van der Waals surface area contributed by atoms with Crippen LogP contribution >= 0.6 is 0 Å². The van der Waals surface area contributed by atoms with Gasteiger partial charge in [0.15, 0.2) is 12.4 Å². The highest BCUT2D eigenvalue weighted by Gasteiger charge is 2.17. The normalized spacial score (nSPS) is 23.1. The predicted octanol–water partition coefficient (Wildman–Crippen LogP) is 0.964. The molecule has 0 saturated carbocycles. The van der Waals surface area contributed by atoms with Crippen LogP contribution in [0.1, 0.15) is 0 Å². The van der Waals surface area contributed by atoms with Crippen molar-refractivity contribution in [2.45, 2.75) is 0 Å². The van der Waals surface area contributed by atoms with Crippen molar-refractivity contribution in [1.29, 1.82) is 0 Å². The van der Waals surface area contributed by atoms with Crippen molar-refractivity contribution in [3.8, 4) is 0 Å². The van der Waals surface area contributed by atoms with E-state index in [0.29, 0.717) is 0 Å². The molecular formula is C4H3FO3. The van der Waals surface area contributed by atoms with E-state index < -0.39 is 6.16 Å². The molecule has 0 aromatic heterocycles. The molecule has 4 heteroatoms. The lowest BCUT2D eigenvalue weighted by Gasteiger charge is -1.81. The Balaban J connectivity index is 2.56. The van der Waals surface area contributed by atoms with Gasteiger partial charge in [-0.2, -0.15) is 0 Å². The Morgan fingerprint density at radius 1 is 1.75 bits per heavy atom. The Hall–Kier alpha value is -1.06. The number of cyclic esters (lactones) is 2. The molecule has 0 aromatic carbocycles. The molecule has 8 heavy (non-hydrogen) atoms. The average Bonchev–Trinajstić information content (AvgIpc) is 2.14. The van der Waals surface area contributed by atoms with Crippen molar-refractivity contribution in [3.05, 3.63) is 12.1 Å². The highest BCUT2D eigenvalue weighted by molar-refractivity contribution is 5.63. The molecule has 0 radical (unpaired) electrons. The molecule has 0 spiro atoms. The van der Waals surface area contributed by atoms with E-state index in [9.17, 15) is 9.18 Å². The van der Waals surface area contributed by atoms with E-state index >= 15 is 0 Å². The van der Waals surface area contributed by atoms with Gasteiger partial charge in [-0.05, 0) is 0 Å². The number of hydrogen-bond donors (Lipinski definition) is 0. The van der Waals surface area contributed by atoms with Crippen LogP contribution in [0.5, 0.6) is 0 Å². The summed E-state index contributed by atoms with van der Waals surface area (Å²) in [4.78, 5) is 9.96. The number of ether oxygens (including phenoxy) is 2.